The fourth-order valence-corrected chi connectivity index (χ4v) is 4.22. The lowest BCUT2D eigenvalue weighted by Gasteiger charge is -2.40. The van der Waals surface area contributed by atoms with E-state index in [0.29, 0.717) is 0 Å². The first-order chi connectivity index (χ1) is 9.24. The van der Waals surface area contributed by atoms with Crippen LogP contribution in [-0.4, -0.2) is 36.1 Å². The third kappa shape index (κ3) is 3.95. The van der Waals surface area contributed by atoms with Gasteiger partial charge in [-0.2, -0.15) is 0 Å². The molecule has 2 heteroatoms. The molecule has 0 aromatic heterocycles. The first kappa shape index (κ1) is 15.3. The SMILES string of the molecule is CCCCCCCCC(C)N1C2CNCC1C(C)C2. The van der Waals surface area contributed by atoms with Gasteiger partial charge in [-0.05, 0) is 25.7 Å². The van der Waals surface area contributed by atoms with E-state index in [2.05, 4.69) is 31.0 Å². The van der Waals surface area contributed by atoms with E-state index in [1.165, 1.54) is 64.5 Å². The maximum Gasteiger partial charge on any atom is 0.0253 e. The van der Waals surface area contributed by atoms with Crippen LogP contribution in [0.25, 0.3) is 0 Å². The summed E-state index contributed by atoms with van der Waals surface area (Å²) < 4.78 is 0. The number of rotatable bonds is 8. The molecule has 2 rings (SSSR count). The monoisotopic (exact) mass is 266 g/mol. The Hall–Kier alpha value is -0.0800. The lowest BCUT2D eigenvalue weighted by atomic mass is 10.0. The average molecular weight is 266 g/mol. The Morgan fingerprint density at radius 3 is 2.58 bits per heavy atom. The van der Waals surface area contributed by atoms with Gasteiger partial charge >= 0.3 is 0 Å². The molecule has 4 unspecified atom stereocenters. The van der Waals surface area contributed by atoms with Gasteiger partial charge in [0.1, 0.15) is 0 Å². The topological polar surface area (TPSA) is 15.3 Å². The van der Waals surface area contributed by atoms with Crippen molar-refractivity contribution in [2.24, 2.45) is 5.92 Å². The molecule has 2 heterocycles. The molecule has 2 aliphatic rings. The Morgan fingerprint density at radius 2 is 1.84 bits per heavy atom. The van der Waals surface area contributed by atoms with Crippen molar-refractivity contribution in [3.63, 3.8) is 0 Å². The van der Waals surface area contributed by atoms with Crippen molar-refractivity contribution >= 4 is 0 Å². The van der Waals surface area contributed by atoms with Crippen molar-refractivity contribution < 1.29 is 0 Å². The number of piperazine rings is 1. The lowest BCUT2D eigenvalue weighted by molar-refractivity contribution is 0.0925. The van der Waals surface area contributed by atoms with Gasteiger partial charge in [0, 0.05) is 31.2 Å². The van der Waals surface area contributed by atoms with Crippen LogP contribution in [0, 0.1) is 5.92 Å². The van der Waals surface area contributed by atoms with Crippen LogP contribution in [0.3, 0.4) is 0 Å². The molecule has 0 amide bonds. The highest BCUT2D eigenvalue weighted by atomic mass is 15.3. The fraction of sp³-hybridized carbons (Fsp3) is 1.00. The highest BCUT2D eigenvalue weighted by molar-refractivity contribution is 4.99. The second-order valence-electron chi connectivity index (χ2n) is 6.95. The van der Waals surface area contributed by atoms with E-state index in [1.54, 1.807) is 0 Å². The maximum absolute atomic E-state index is 3.61. The zero-order chi connectivity index (χ0) is 13.7. The molecule has 2 fully saturated rings. The van der Waals surface area contributed by atoms with Crippen molar-refractivity contribution in [1.29, 1.82) is 0 Å². The Balaban J connectivity index is 1.67. The Kier molecular flexibility index (Phi) is 6.15. The molecule has 2 saturated heterocycles. The first-order valence-electron chi connectivity index (χ1n) is 8.72. The zero-order valence-electron chi connectivity index (χ0n) is 13.3. The van der Waals surface area contributed by atoms with Crippen molar-refractivity contribution in [3.8, 4) is 0 Å². The van der Waals surface area contributed by atoms with Gasteiger partial charge in [-0.25, -0.2) is 0 Å². The minimum absolute atomic E-state index is 0.799. The van der Waals surface area contributed by atoms with Crippen LogP contribution in [0.1, 0.15) is 72.1 Å². The Bertz CT molecular complexity index is 254. The quantitative estimate of drug-likeness (QED) is 0.672. The number of fused-ring (bicyclic) bond motifs is 2. The maximum atomic E-state index is 3.61. The van der Waals surface area contributed by atoms with Crippen LogP contribution in [0.4, 0.5) is 0 Å². The van der Waals surface area contributed by atoms with E-state index in [4.69, 9.17) is 0 Å². The molecule has 4 atom stereocenters. The van der Waals surface area contributed by atoms with Gasteiger partial charge in [-0.3, -0.25) is 4.90 Å². The smallest absolute Gasteiger partial charge is 0.0253 e. The molecule has 1 N–H and O–H groups in total. The predicted octanol–water partition coefficient (Wildman–Crippen LogP) is 3.81. The fourth-order valence-electron chi connectivity index (χ4n) is 4.22. The Morgan fingerprint density at radius 1 is 1.11 bits per heavy atom. The number of nitrogens with zero attached hydrogens (tertiary/aromatic N) is 1. The molecule has 0 aromatic rings. The van der Waals surface area contributed by atoms with E-state index >= 15 is 0 Å². The molecule has 112 valence electrons. The van der Waals surface area contributed by atoms with Crippen LogP contribution in [-0.2, 0) is 0 Å². The van der Waals surface area contributed by atoms with Gasteiger partial charge < -0.3 is 5.32 Å². The summed E-state index contributed by atoms with van der Waals surface area (Å²) in [7, 11) is 0. The number of nitrogens with one attached hydrogen (secondary N) is 1. The Labute approximate surface area is 120 Å². The van der Waals surface area contributed by atoms with Crippen LogP contribution >= 0.6 is 0 Å². The van der Waals surface area contributed by atoms with Gasteiger partial charge in [0.25, 0.3) is 0 Å². The van der Waals surface area contributed by atoms with Gasteiger partial charge in [0.05, 0.1) is 0 Å². The predicted molar refractivity (Wildman–Crippen MR) is 83.5 cm³/mol. The molecule has 0 spiro atoms. The summed E-state index contributed by atoms with van der Waals surface area (Å²) in [5.41, 5.74) is 0. The van der Waals surface area contributed by atoms with Crippen molar-refractivity contribution in [1.82, 2.24) is 10.2 Å². The summed E-state index contributed by atoms with van der Waals surface area (Å²) in [6, 6.07) is 2.44. The highest BCUT2D eigenvalue weighted by Crippen LogP contribution is 2.34. The van der Waals surface area contributed by atoms with Gasteiger partial charge in [0.15, 0.2) is 0 Å². The third-order valence-corrected chi connectivity index (χ3v) is 5.32. The molecule has 0 radical (unpaired) electrons. The highest BCUT2D eigenvalue weighted by Gasteiger charge is 2.42. The molecule has 19 heavy (non-hydrogen) atoms. The van der Waals surface area contributed by atoms with E-state index in [1.807, 2.05) is 0 Å². The molecular weight excluding hydrogens is 232 g/mol. The summed E-state index contributed by atoms with van der Waals surface area (Å²) in [6.45, 7) is 9.65. The van der Waals surface area contributed by atoms with Crippen molar-refractivity contribution in [2.45, 2.75) is 90.3 Å². The molecule has 0 aliphatic carbocycles. The zero-order valence-corrected chi connectivity index (χ0v) is 13.3. The minimum Gasteiger partial charge on any atom is -0.314 e. The summed E-state index contributed by atoms with van der Waals surface area (Å²) >= 11 is 0. The van der Waals surface area contributed by atoms with Crippen LogP contribution in [0.2, 0.25) is 0 Å². The van der Waals surface area contributed by atoms with E-state index in [-0.39, 0.29) is 0 Å². The standard InChI is InChI=1S/C17H34N2/c1-4-5-6-7-8-9-10-15(3)19-16-11-14(2)17(19)13-18-12-16/h14-18H,4-13H2,1-3H3. The average Bonchev–Trinajstić information content (AvgIpc) is 2.59. The number of hydrogen-bond acceptors (Lipinski definition) is 2. The van der Waals surface area contributed by atoms with Gasteiger partial charge in [-0.15, -0.1) is 0 Å². The van der Waals surface area contributed by atoms with Gasteiger partial charge in [0.2, 0.25) is 0 Å². The summed E-state index contributed by atoms with van der Waals surface area (Å²) in [5.74, 6) is 0.895. The van der Waals surface area contributed by atoms with Crippen LogP contribution in [0.15, 0.2) is 0 Å². The first-order valence-corrected chi connectivity index (χ1v) is 8.72. The number of hydrogen-bond donors (Lipinski definition) is 1. The second kappa shape index (κ2) is 7.64. The van der Waals surface area contributed by atoms with Crippen molar-refractivity contribution in [2.75, 3.05) is 13.1 Å². The van der Waals surface area contributed by atoms with Gasteiger partial charge in [-0.1, -0.05) is 52.4 Å². The van der Waals surface area contributed by atoms with Crippen LogP contribution < -0.4 is 5.32 Å². The second-order valence-corrected chi connectivity index (χ2v) is 6.95. The van der Waals surface area contributed by atoms with E-state index in [9.17, 15) is 0 Å². The number of unbranched alkanes of at least 4 members (excludes halogenated alkanes) is 5. The summed E-state index contributed by atoms with van der Waals surface area (Å²) in [5, 5.41) is 3.61. The third-order valence-electron chi connectivity index (χ3n) is 5.32. The van der Waals surface area contributed by atoms with E-state index < -0.39 is 0 Å². The largest absolute Gasteiger partial charge is 0.314 e. The molecule has 2 aliphatic heterocycles. The summed E-state index contributed by atoms with van der Waals surface area (Å²) in [4.78, 5) is 2.85. The lowest BCUT2D eigenvalue weighted by Crippen LogP contribution is -2.55. The van der Waals surface area contributed by atoms with Crippen LogP contribution in [0.5, 0.6) is 0 Å². The normalized spacial score (nSPS) is 32.7. The van der Waals surface area contributed by atoms with Crippen molar-refractivity contribution in [3.05, 3.63) is 0 Å². The minimum atomic E-state index is 0.799. The van der Waals surface area contributed by atoms with E-state index in [0.717, 1.165) is 24.0 Å². The molecular formula is C17H34N2. The molecule has 0 aromatic carbocycles. The molecule has 2 nitrogen and oxygen atoms in total. The molecule has 0 saturated carbocycles. The summed E-state index contributed by atoms with van der Waals surface area (Å²) in [6.07, 6.45) is 11.4. The molecule has 2 bridgehead atoms.